The summed E-state index contributed by atoms with van der Waals surface area (Å²) in [5.74, 6) is -0.0174. The fourth-order valence-corrected chi connectivity index (χ4v) is 1.16. The minimum Gasteiger partial charge on any atom is -0.395 e. The molecule has 0 bridgehead atoms. The van der Waals surface area contributed by atoms with Gasteiger partial charge in [-0.05, 0) is 12.8 Å². The van der Waals surface area contributed by atoms with Crippen molar-refractivity contribution in [3.8, 4) is 6.07 Å². The Balaban J connectivity index is 4.53. The van der Waals surface area contributed by atoms with E-state index in [9.17, 15) is 4.79 Å². The first-order chi connectivity index (χ1) is 8.04. The van der Waals surface area contributed by atoms with Crippen LogP contribution in [0, 0.1) is 17.2 Å². The first-order valence-electron chi connectivity index (χ1n) is 5.80. The number of aliphatic hydroxyl groups is 1. The molecular formula is C12H21N3O2. The van der Waals surface area contributed by atoms with Crippen LogP contribution < -0.4 is 5.32 Å². The number of carbonyl (C=O) groups excluding carboxylic acids is 1. The van der Waals surface area contributed by atoms with E-state index in [0.717, 1.165) is 0 Å². The van der Waals surface area contributed by atoms with Crippen LogP contribution in [0.2, 0.25) is 0 Å². The number of likely N-dealkylation sites (N-methyl/N-ethyl adjacent to an activating group) is 1. The zero-order chi connectivity index (χ0) is 13.3. The smallest absolute Gasteiger partial charge is 0.263 e. The van der Waals surface area contributed by atoms with E-state index < -0.39 is 0 Å². The minimum atomic E-state index is -0.363. The predicted molar refractivity (Wildman–Crippen MR) is 65.9 cm³/mol. The number of carbonyl (C=O) groups is 1. The van der Waals surface area contributed by atoms with Gasteiger partial charge in [0, 0.05) is 25.8 Å². The summed E-state index contributed by atoms with van der Waals surface area (Å²) in [4.78, 5) is 13.4. The van der Waals surface area contributed by atoms with Crippen molar-refractivity contribution in [3.63, 3.8) is 0 Å². The third kappa shape index (κ3) is 6.59. The number of nitrogens with zero attached hydrogens (tertiary/aromatic N) is 2. The molecule has 17 heavy (non-hydrogen) atoms. The van der Waals surface area contributed by atoms with E-state index in [1.54, 1.807) is 4.90 Å². The molecule has 5 heteroatoms. The third-order valence-electron chi connectivity index (χ3n) is 2.14. The maximum absolute atomic E-state index is 11.6. The van der Waals surface area contributed by atoms with Crippen LogP contribution in [0.1, 0.15) is 20.8 Å². The van der Waals surface area contributed by atoms with Crippen LogP contribution in [-0.4, -0.2) is 42.2 Å². The van der Waals surface area contributed by atoms with Gasteiger partial charge in [0.2, 0.25) is 0 Å². The SMILES string of the molecule is CCN(/C=C(/C#N)C(=O)NCC(C)C)CCO. The molecule has 0 radical (unpaired) electrons. The lowest BCUT2D eigenvalue weighted by Crippen LogP contribution is -2.30. The van der Waals surface area contributed by atoms with E-state index in [0.29, 0.717) is 25.6 Å². The standard InChI is InChI=1S/C12H21N3O2/c1-4-15(5-6-16)9-11(7-13)12(17)14-8-10(2)3/h9-10,16H,4-6,8H2,1-3H3,(H,14,17)/b11-9-. The lowest BCUT2D eigenvalue weighted by atomic mass is 10.2. The fourth-order valence-electron chi connectivity index (χ4n) is 1.16. The maximum atomic E-state index is 11.6. The largest absolute Gasteiger partial charge is 0.395 e. The van der Waals surface area contributed by atoms with E-state index in [4.69, 9.17) is 10.4 Å². The molecule has 0 aliphatic rings. The minimum absolute atomic E-state index is 0.00331. The zero-order valence-electron chi connectivity index (χ0n) is 10.7. The highest BCUT2D eigenvalue weighted by atomic mass is 16.3. The molecule has 96 valence electrons. The maximum Gasteiger partial charge on any atom is 0.263 e. The molecule has 0 aliphatic carbocycles. The second-order valence-corrected chi connectivity index (χ2v) is 4.11. The number of nitriles is 1. The molecular weight excluding hydrogens is 218 g/mol. The monoisotopic (exact) mass is 239 g/mol. The lowest BCUT2D eigenvalue weighted by molar-refractivity contribution is -0.117. The van der Waals surface area contributed by atoms with Crippen molar-refractivity contribution >= 4 is 5.91 Å². The molecule has 0 aromatic rings. The van der Waals surface area contributed by atoms with Crippen LogP contribution in [0.15, 0.2) is 11.8 Å². The van der Waals surface area contributed by atoms with Gasteiger partial charge in [0.1, 0.15) is 11.6 Å². The summed E-state index contributed by atoms with van der Waals surface area (Å²) in [5, 5.41) is 20.4. The van der Waals surface area contributed by atoms with Gasteiger partial charge in [-0.25, -0.2) is 0 Å². The first kappa shape index (κ1) is 15.5. The van der Waals surface area contributed by atoms with Crippen molar-refractivity contribution in [2.75, 3.05) is 26.2 Å². The van der Waals surface area contributed by atoms with E-state index >= 15 is 0 Å². The Hall–Kier alpha value is -1.54. The van der Waals surface area contributed by atoms with Gasteiger partial charge in [-0.3, -0.25) is 4.79 Å². The van der Waals surface area contributed by atoms with Crippen molar-refractivity contribution < 1.29 is 9.90 Å². The van der Waals surface area contributed by atoms with Crippen LogP contribution in [0.3, 0.4) is 0 Å². The van der Waals surface area contributed by atoms with Crippen LogP contribution in [0.25, 0.3) is 0 Å². The van der Waals surface area contributed by atoms with E-state index in [2.05, 4.69) is 5.32 Å². The van der Waals surface area contributed by atoms with Gasteiger partial charge in [-0.15, -0.1) is 0 Å². The normalized spacial score (nSPS) is 11.2. The molecule has 2 N–H and O–H groups in total. The van der Waals surface area contributed by atoms with Crippen LogP contribution >= 0.6 is 0 Å². The molecule has 0 atom stereocenters. The average molecular weight is 239 g/mol. The van der Waals surface area contributed by atoms with Crippen LogP contribution in [0.4, 0.5) is 0 Å². The fraction of sp³-hybridized carbons (Fsp3) is 0.667. The van der Waals surface area contributed by atoms with Crippen molar-refractivity contribution in [2.45, 2.75) is 20.8 Å². The Morgan fingerprint density at radius 3 is 2.65 bits per heavy atom. The van der Waals surface area contributed by atoms with Crippen molar-refractivity contribution in [1.29, 1.82) is 5.26 Å². The van der Waals surface area contributed by atoms with Gasteiger partial charge in [0.15, 0.2) is 0 Å². The second kappa shape index (κ2) is 8.59. The van der Waals surface area contributed by atoms with E-state index in [1.807, 2.05) is 26.8 Å². The molecule has 5 nitrogen and oxygen atoms in total. The quantitative estimate of drug-likeness (QED) is 0.500. The molecule has 0 heterocycles. The summed E-state index contributed by atoms with van der Waals surface area (Å²) in [5.41, 5.74) is 0.0703. The van der Waals surface area contributed by atoms with Gasteiger partial charge in [0.25, 0.3) is 5.91 Å². The molecule has 0 saturated carbocycles. The highest BCUT2D eigenvalue weighted by molar-refractivity contribution is 5.97. The van der Waals surface area contributed by atoms with Gasteiger partial charge in [0.05, 0.1) is 6.61 Å². The molecule has 0 aromatic heterocycles. The Morgan fingerprint density at radius 2 is 2.24 bits per heavy atom. The van der Waals surface area contributed by atoms with Gasteiger partial charge < -0.3 is 15.3 Å². The van der Waals surface area contributed by atoms with Gasteiger partial charge in [-0.2, -0.15) is 5.26 Å². The predicted octanol–water partition coefficient (Wildman–Crippen LogP) is 0.480. The molecule has 0 unspecified atom stereocenters. The second-order valence-electron chi connectivity index (χ2n) is 4.11. The number of aliphatic hydroxyl groups excluding tert-OH is 1. The third-order valence-corrected chi connectivity index (χ3v) is 2.14. The Bertz CT molecular complexity index is 305. The molecule has 0 fully saturated rings. The van der Waals surface area contributed by atoms with Crippen LogP contribution in [0.5, 0.6) is 0 Å². The van der Waals surface area contributed by atoms with Gasteiger partial charge >= 0.3 is 0 Å². The first-order valence-corrected chi connectivity index (χ1v) is 5.80. The molecule has 0 spiro atoms. The average Bonchev–Trinajstić information content (AvgIpc) is 2.31. The van der Waals surface area contributed by atoms with Crippen LogP contribution in [-0.2, 0) is 4.79 Å². The summed E-state index contributed by atoms with van der Waals surface area (Å²) >= 11 is 0. The number of rotatable bonds is 7. The summed E-state index contributed by atoms with van der Waals surface area (Å²) in [6.07, 6.45) is 1.49. The highest BCUT2D eigenvalue weighted by Gasteiger charge is 2.10. The topological polar surface area (TPSA) is 76.4 Å². The number of hydrogen-bond donors (Lipinski definition) is 2. The molecule has 0 aliphatic heterocycles. The van der Waals surface area contributed by atoms with E-state index in [1.165, 1.54) is 6.20 Å². The van der Waals surface area contributed by atoms with Crippen molar-refractivity contribution in [2.24, 2.45) is 5.92 Å². The zero-order valence-corrected chi connectivity index (χ0v) is 10.7. The van der Waals surface area contributed by atoms with Gasteiger partial charge in [-0.1, -0.05) is 13.8 Å². The summed E-state index contributed by atoms with van der Waals surface area (Å²) in [6.45, 7) is 7.47. The molecule has 0 aromatic carbocycles. The number of hydrogen-bond acceptors (Lipinski definition) is 4. The van der Waals surface area contributed by atoms with Crippen molar-refractivity contribution in [1.82, 2.24) is 10.2 Å². The summed E-state index contributed by atoms with van der Waals surface area (Å²) < 4.78 is 0. The lowest BCUT2D eigenvalue weighted by Gasteiger charge is -2.17. The number of nitrogens with one attached hydrogen (secondary N) is 1. The van der Waals surface area contributed by atoms with Crippen molar-refractivity contribution in [3.05, 3.63) is 11.8 Å². The molecule has 0 saturated heterocycles. The molecule has 0 rings (SSSR count). The Morgan fingerprint density at radius 1 is 1.59 bits per heavy atom. The highest BCUT2D eigenvalue weighted by Crippen LogP contribution is 1.99. The Kier molecular flexibility index (Phi) is 7.82. The summed E-state index contributed by atoms with van der Waals surface area (Å²) in [7, 11) is 0. The number of amides is 1. The summed E-state index contributed by atoms with van der Waals surface area (Å²) in [6, 6.07) is 1.87. The van der Waals surface area contributed by atoms with E-state index in [-0.39, 0.29) is 18.1 Å². The Labute approximate surface area is 103 Å². The molecule has 1 amide bonds.